The van der Waals surface area contributed by atoms with Gasteiger partial charge in [0.2, 0.25) is 0 Å². The van der Waals surface area contributed by atoms with Crippen LogP contribution in [0.25, 0.3) is 0 Å². The predicted molar refractivity (Wildman–Crippen MR) is 51.8 cm³/mol. The molecule has 0 aliphatic carbocycles. The van der Waals surface area contributed by atoms with E-state index in [0.717, 1.165) is 13.0 Å². The second-order valence-electron chi connectivity index (χ2n) is 3.05. The maximum absolute atomic E-state index is 13.5. The third-order valence-corrected chi connectivity index (χ3v) is 2.87. The van der Waals surface area contributed by atoms with Gasteiger partial charge in [0.15, 0.2) is 0 Å². The number of hydrogen-bond acceptors (Lipinski definition) is 1. The molecule has 1 aliphatic heterocycles. The lowest BCUT2D eigenvalue weighted by molar-refractivity contribution is 0.370. The summed E-state index contributed by atoms with van der Waals surface area (Å²) in [5.74, 6) is -0.397. The van der Waals surface area contributed by atoms with Gasteiger partial charge >= 0.3 is 0 Å². The molecule has 1 heterocycles. The first kappa shape index (κ1) is 9.25. The summed E-state index contributed by atoms with van der Waals surface area (Å²) in [7, 11) is 0. The second kappa shape index (κ2) is 3.45. The molecule has 0 bridgehead atoms. The summed E-state index contributed by atoms with van der Waals surface area (Å²) in [6.07, 6.45) is 0.914. The summed E-state index contributed by atoms with van der Waals surface area (Å²) in [6.45, 7) is 0.910. The quantitative estimate of drug-likeness (QED) is 0.716. The predicted octanol–water partition coefficient (Wildman–Crippen LogP) is 3.17. The first-order valence-electron chi connectivity index (χ1n) is 4.07. The topological polar surface area (TPSA) is 12.0 Å². The SMILES string of the molecule is Fc1c(Cl)ccc(Cl)c1[C@H]1CCN1. The zero-order valence-corrected chi connectivity index (χ0v) is 8.29. The van der Waals surface area contributed by atoms with Crippen LogP contribution < -0.4 is 5.32 Å². The summed E-state index contributed by atoms with van der Waals surface area (Å²) >= 11 is 11.5. The average molecular weight is 220 g/mol. The van der Waals surface area contributed by atoms with Crippen LogP contribution >= 0.6 is 23.2 Å². The van der Waals surface area contributed by atoms with Crippen LogP contribution in [0.2, 0.25) is 10.0 Å². The molecule has 1 fully saturated rings. The minimum absolute atomic E-state index is 0.0335. The highest BCUT2D eigenvalue weighted by molar-refractivity contribution is 6.33. The van der Waals surface area contributed by atoms with Gasteiger partial charge in [-0.05, 0) is 25.1 Å². The molecule has 0 aromatic heterocycles. The van der Waals surface area contributed by atoms with Crippen LogP contribution in [0, 0.1) is 5.82 Å². The standard InChI is InChI=1S/C9H8Cl2FN/c10-5-1-2-6(11)9(12)8(5)7-3-4-13-7/h1-2,7,13H,3-4H2/t7-/m1/s1. The summed E-state index contributed by atoms with van der Waals surface area (Å²) in [4.78, 5) is 0. The zero-order chi connectivity index (χ0) is 9.42. The van der Waals surface area contributed by atoms with Crippen molar-refractivity contribution < 1.29 is 4.39 Å². The van der Waals surface area contributed by atoms with Crippen molar-refractivity contribution in [3.05, 3.63) is 33.6 Å². The summed E-state index contributed by atoms with van der Waals surface area (Å²) in [5.41, 5.74) is 0.500. The first-order valence-corrected chi connectivity index (χ1v) is 4.82. The van der Waals surface area contributed by atoms with Gasteiger partial charge in [-0.3, -0.25) is 0 Å². The minimum Gasteiger partial charge on any atom is -0.310 e. The maximum atomic E-state index is 13.5. The zero-order valence-electron chi connectivity index (χ0n) is 6.78. The third-order valence-electron chi connectivity index (χ3n) is 2.25. The molecule has 1 saturated heterocycles. The fourth-order valence-corrected chi connectivity index (χ4v) is 1.84. The van der Waals surface area contributed by atoms with Crippen LogP contribution in [0.3, 0.4) is 0 Å². The number of rotatable bonds is 1. The molecule has 1 aliphatic rings. The third kappa shape index (κ3) is 1.54. The highest BCUT2D eigenvalue weighted by atomic mass is 35.5. The monoisotopic (exact) mass is 219 g/mol. The highest BCUT2D eigenvalue weighted by Gasteiger charge is 2.25. The number of hydrogen-bond donors (Lipinski definition) is 1. The molecule has 70 valence electrons. The molecule has 1 aromatic rings. The van der Waals surface area contributed by atoms with Crippen molar-refractivity contribution >= 4 is 23.2 Å². The number of nitrogens with one attached hydrogen (secondary N) is 1. The lowest BCUT2D eigenvalue weighted by Gasteiger charge is -2.29. The smallest absolute Gasteiger partial charge is 0.148 e. The normalized spacial score (nSPS) is 21.3. The van der Waals surface area contributed by atoms with Crippen molar-refractivity contribution in [3.8, 4) is 0 Å². The molecule has 4 heteroatoms. The van der Waals surface area contributed by atoms with Crippen LogP contribution in [-0.2, 0) is 0 Å². The van der Waals surface area contributed by atoms with Gasteiger partial charge in [0, 0.05) is 16.6 Å². The Kier molecular flexibility index (Phi) is 2.45. The van der Waals surface area contributed by atoms with Gasteiger partial charge in [0.1, 0.15) is 5.82 Å². The van der Waals surface area contributed by atoms with Crippen LogP contribution in [0.5, 0.6) is 0 Å². The van der Waals surface area contributed by atoms with Crippen LogP contribution in [0.4, 0.5) is 4.39 Å². The molecule has 0 spiro atoms. The average Bonchev–Trinajstić information content (AvgIpc) is 2.02. The van der Waals surface area contributed by atoms with Crippen molar-refractivity contribution in [2.75, 3.05) is 6.54 Å². The van der Waals surface area contributed by atoms with E-state index < -0.39 is 5.82 Å². The Bertz CT molecular complexity index is 337. The molecule has 1 nitrogen and oxygen atoms in total. The van der Waals surface area contributed by atoms with Gasteiger partial charge in [-0.2, -0.15) is 0 Å². The van der Waals surface area contributed by atoms with Crippen molar-refractivity contribution in [3.63, 3.8) is 0 Å². The Morgan fingerprint density at radius 2 is 1.92 bits per heavy atom. The molecule has 0 amide bonds. The van der Waals surface area contributed by atoms with Gasteiger partial charge in [-0.1, -0.05) is 23.2 Å². The molecule has 0 saturated carbocycles. The molecule has 2 rings (SSSR count). The molecule has 1 N–H and O–H groups in total. The molecular weight excluding hydrogens is 212 g/mol. The van der Waals surface area contributed by atoms with Crippen molar-refractivity contribution in [2.24, 2.45) is 0 Å². The lowest BCUT2D eigenvalue weighted by Crippen LogP contribution is -2.35. The van der Waals surface area contributed by atoms with Crippen LogP contribution in [-0.4, -0.2) is 6.54 Å². The largest absolute Gasteiger partial charge is 0.310 e. The van der Waals surface area contributed by atoms with Crippen LogP contribution in [0.1, 0.15) is 18.0 Å². The van der Waals surface area contributed by atoms with E-state index in [1.165, 1.54) is 6.07 Å². The Labute approximate surface area is 85.8 Å². The van der Waals surface area contributed by atoms with Gasteiger partial charge in [0.05, 0.1) is 5.02 Å². The minimum atomic E-state index is -0.397. The second-order valence-corrected chi connectivity index (χ2v) is 3.87. The van der Waals surface area contributed by atoms with Crippen LogP contribution in [0.15, 0.2) is 12.1 Å². The Balaban J connectivity index is 2.46. The summed E-state index contributed by atoms with van der Waals surface area (Å²) in [5, 5.41) is 3.66. The van der Waals surface area contributed by atoms with Crippen molar-refractivity contribution in [1.82, 2.24) is 5.32 Å². The van der Waals surface area contributed by atoms with E-state index in [4.69, 9.17) is 23.2 Å². The fourth-order valence-electron chi connectivity index (χ4n) is 1.40. The molecule has 0 radical (unpaired) electrons. The molecule has 1 aromatic carbocycles. The van der Waals surface area contributed by atoms with E-state index in [1.807, 2.05) is 0 Å². The Hall–Kier alpha value is -0.310. The Morgan fingerprint density at radius 1 is 1.31 bits per heavy atom. The fraction of sp³-hybridized carbons (Fsp3) is 0.333. The van der Waals surface area contributed by atoms with Crippen molar-refractivity contribution in [1.29, 1.82) is 0 Å². The lowest BCUT2D eigenvalue weighted by atomic mass is 9.97. The van der Waals surface area contributed by atoms with E-state index in [-0.39, 0.29) is 11.1 Å². The maximum Gasteiger partial charge on any atom is 0.148 e. The Morgan fingerprint density at radius 3 is 2.46 bits per heavy atom. The van der Waals surface area contributed by atoms with Gasteiger partial charge < -0.3 is 5.32 Å². The molecule has 13 heavy (non-hydrogen) atoms. The molecule has 1 atom stereocenters. The van der Waals surface area contributed by atoms with E-state index in [1.54, 1.807) is 6.07 Å². The number of halogens is 3. The molecule has 0 unspecified atom stereocenters. The van der Waals surface area contributed by atoms with E-state index in [0.29, 0.717) is 10.6 Å². The van der Waals surface area contributed by atoms with Crippen molar-refractivity contribution in [2.45, 2.75) is 12.5 Å². The van der Waals surface area contributed by atoms with E-state index in [2.05, 4.69) is 5.32 Å². The first-order chi connectivity index (χ1) is 6.20. The van der Waals surface area contributed by atoms with Gasteiger partial charge in [0.25, 0.3) is 0 Å². The highest BCUT2D eigenvalue weighted by Crippen LogP contribution is 2.34. The summed E-state index contributed by atoms with van der Waals surface area (Å²) in [6, 6.07) is 3.13. The van der Waals surface area contributed by atoms with Gasteiger partial charge in [-0.25, -0.2) is 4.39 Å². The van der Waals surface area contributed by atoms with E-state index >= 15 is 0 Å². The summed E-state index contributed by atoms with van der Waals surface area (Å²) < 4.78 is 13.5. The molecular formula is C9H8Cl2FN. The van der Waals surface area contributed by atoms with E-state index in [9.17, 15) is 4.39 Å². The van der Waals surface area contributed by atoms with Gasteiger partial charge in [-0.15, -0.1) is 0 Å². The number of benzene rings is 1.